The van der Waals surface area contributed by atoms with Crippen LogP contribution in [0, 0.1) is 22.7 Å². The van der Waals surface area contributed by atoms with Gasteiger partial charge in [0.2, 0.25) is 0 Å². The van der Waals surface area contributed by atoms with Crippen molar-refractivity contribution in [3.8, 4) is 0 Å². The van der Waals surface area contributed by atoms with E-state index in [1.54, 1.807) is 24.3 Å². The monoisotopic (exact) mass is 332 g/mol. The Morgan fingerprint density at radius 3 is 1.46 bits per heavy atom. The zero-order valence-corrected chi connectivity index (χ0v) is 13.6. The summed E-state index contributed by atoms with van der Waals surface area (Å²) in [5, 5.41) is 18.8. The molecule has 0 radical (unpaired) electrons. The van der Waals surface area contributed by atoms with Gasteiger partial charge in [0, 0.05) is 11.4 Å². The van der Waals surface area contributed by atoms with Gasteiger partial charge in [-0.3, -0.25) is 9.59 Å². The minimum absolute atomic E-state index is 0.327. The third kappa shape index (κ3) is 2.81. The smallest absolute Gasteiger partial charge is 0.309 e. The summed E-state index contributed by atoms with van der Waals surface area (Å²) >= 11 is 0. The summed E-state index contributed by atoms with van der Waals surface area (Å²) in [4.78, 5) is 22.8. The van der Waals surface area contributed by atoms with Crippen LogP contribution in [0.3, 0.4) is 0 Å². The van der Waals surface area contributed by atoms with E-state index in [-0.39, 0.29) is 0 Å². The van der Waals surface area contributed by atoms with Gasteiger partial charge in [0.25, 0.3) is 0 Å². The van der Waals surface area contributed by atoms with Crippen LogP contribution in [0.4, 0.5) is 11.4 Å². The van der Waals surface area contributed by atoms with Crippen LogP contribution in [0.15, 0.2) is 24.3 Å². The van der Waals surface area contributed by atoms with E-state index >= 15 is 0 Å². The summed E-state index contributed by atoms with van der Waals surface area (Å²) in [5.41, 5.74) is 10.8. The number of benzene rings is 1. The summed E-state index contributed by atoms with van der Waals surface area (Å²) < 4.78 is 0. The van der Waals surface area contributed by atoms with Crippen molar-refractivity contribution in [3.63, 3.8) is 0 Å². The van der Waals surface area contributed by atoms with Crippen LogP contribution < -0.4 is 11.5 Å². The van der Waals surface area contributed by atoms with Crippen molar-refractivity contribution < 1.29 is 19.8 Å². The fraction of sp³-hybridized carbons (Fsp3) is 0.556. The average Bonchev–Trinajstić information content (AvgIpc) is 2.49. The normalized spacial score (nSPS) is 35.8. The summed E-state index contributed by atoms with van der Waals surface area (Å²) in [5.74, 6) is -0.888. The van der Waals surface area contributed by atoms with Crippen molar-refractivity contribution in [2.45, 2.75) is 38.5 Å². The lowest BCUT2D eigenvalue weighted by Crippen LogP contribution is -2.57. The fourth-order valence-corrected chi connectivity index (χ4v) is 5.26. The Balaban J connectivity index is 0.000000179. The third-order valence-corrected chi connectivity index (χ3v) is 5.90. The van der Waals surface area contributed by atoms with Crippen LogP contribution >= 0.6 is 0 Å². The molecule has 4 saturated carbocycles. The molecule has 6 heteroatoms. The molecule has 5 rings (SSSR count). The van der Waals surface area contributed by atoms with Crippen LogP contribution in [0.1, 0.15) is 38.5 Å². The number of hydrogen-bond donors (Lipinski definition) is 4. The Kier molecular flexibility index (Phi) is 3.94. The summed E-state index contributed by atoms with van der Waals surface area (Å²) in [6.45, 7) is 0. The molecule has 4 fully saturated rings. The topological polar surface area (TPSA) is 127 Å². The second kappa shape index (κ2) is 5.69. The molecule has 0 aliphatic heterocycles. The molecular formula is C18H24N2O4. The zero-order valence-electron chi connectivity index (χ0n) is 13.6. The van der Waals surface area contributed by atoms with E-state index in [1.165, 1.54) is 0 Å². The second-order valence-electron chi connectivity index (χ2n) is 7.80. The summed E-state index contributed by atoms with van der Waals surface area (Å²) in [7, 11) is 0. The van der Waals surface area contributed by atoms with E-state index in [1.807, 2.05) is 0 Å². The maximum atomic E-state index is 11.4. The Labute approximate surface area is 140 Å². The highest BCUT2D eigenvalue weighted by atomic mass is 16.4. The Hall–Kier alpha value is -2.24. The summed E-state index contributed by atoms with van der Waals surface area (Å²) in [6, 6.07) is 7.09. The number of carboxylic acids is 2. The van der Waals surface area contributed by atoms with Gasteiger partial charge in [0.05, 0.1) is 10.8 Å². The molecule has 4 aliphatic rings. The van der Waals surface area contributed by atoms with Gasteiger partial charge in [-0.1, -0.05) is 0 Å². The molecule has 4 aliphatic carbocycles. The van der Waals surface area contributed by atoms with E-state index < -0.39 is 22.8 Å². The van der Waals surface area contributed by atoms with Crippen LogP contribution in [0.5, 0.6) is 0 Å². The van der Waals surface area contributed by atoms with E-state index in [0.717, 1.165) is 17.8 Å². The maximum absolute atomic E-state index is 11.4. The number of nitrogens with two attached hydrogens (primary N) is 2. The van der Waals surface area contributed by atoms with Crippen molar-refractivity contribution in [1.29, 1.82) is 0 Å². The molecule has 1 aromatic carbocycles. The molecule has 24 heavy (non-hydrogen) atoms. The molecule has 0 amide bonds. The van der Waals surface area contributed by atoms with Crippen molar-refractivity contribution in [1.82, 2.24) is 0 Å². The lowest BCUT2D eigenvalue weighted by atomic mass is 9.44. The van der Waals surface area contributed by atoms with Crippen molar-refractivity contribution >= 4 is 23.3 Å². The average molecular weight is 332 g/mol. The van der Waals surface area contributed by atoms with Gasteiger partial charge in [-0.25, -0.2) is 0 Å². The molecular weight excluding hydrogens is 308 g/mol. The number of hydrogen-bond acceptors (Lipinski definition) is 4. The molecule has 0 heterocycles. The minimum Gasteiger partial charge on any atom is -0.481 e. The molecule has 0 atom stereocenters. The Morgan fingerprint density at radius 2 is 1.17 bits per heavy atom. The van der Waals surface area contributed by atoms with Crippen molar-refractivity contribution in [2.24, 2.45) is 22.7 Å². The van der Waals surface area contributed by atoms with Gasteiger partial charge in [-0.15, -0.1) is 0 Å². The first-order valence-electron chi connectivity index (χ1n) is 8.32. The van der Waals surface area contributed by atoms with E-state index in [0.29, 0.717) is 43.9 Å². The lowest BCUT2D eigenvalue weighted by Gasteiger charge is -2.58. The molecule has 4 bridgehead atoms. The molecule has 1 aromatic rings. The van der Waals surface area contributed by atoms with E-state index in [9.17, 15) is 19.8 Å². The molecule has 0 spiro atoms. The van der Waals surface area contributed by atoms with Gasteiger partial charge in [0.1, 0.15) is 0 Å². The van der Waals surface area contributed by atoms with Crippen LogP contribution in [0.2, 0.25) is 0 Å². The van der Waals surface area contributed by atoms with Gasteiger partial charge < -0.3 is 21.7 Å². The molecule has 6 nitrogen and oxygen atoms in total. The molecule has 0 unspecified atom stereocenters. The number of carbonyl (C=O) groups is 2. The highest BCUT2D eigenvalue weighted by molar-refractivity contribution is 5.81. The minimum atomic E-state index is -0.771. The van der Waals surface area contributed by atoms with Crippen LogP contribution in [0.25, 0.3) is 0 Å². The number of nitrogen functional groups attached to an aromatic ring is 2. The first kappa shape index (κ1) is 16.6. The number of rotatable bonds is 2. The first-order valence-corrected chi connectivity index (χ1v) is 8.32. The van der Waals surface area contributed by atoms with Crippen LogP contribution in [-0.4, -0.2) is 22.2 Å². The maximum Gasteiger partial charge on any atom is 0.309 e. The fourth-order valence-electron chi connectivity index (χ4n) is 5.26. The largest absolute Gasteiger partial charge is 0.481 e. The Bertz CT molecular complexity index is 588. The van der Waals surface area contributed by atoms with Crippen LogP contribution in [-0.2, 0) is 9.59 Å². The molecule has 0 aromatic heterocycles. The van der Waals surface area contributed by atoms with Crippen molar-refractivity contribution in [2.75, 3.05) is 11.5 Å². The first-order chi connectivity index (χ1) is 11.2. The highest BCUT2D eigenvalue weighted by Gasteiger charge is 2.63. The van der Waals surface area contributed by atoms with E-state index in [4.69, 9.17) is 11.5 Å². The van der Waals surface area contributed by atoms with Crippen molar-refractivity contribution in [3.05, 3.63) is 24.3 Å². The van der Waals surface area contributed by atoms with E-state index in [2.05, 4.69) is 0 Å². The van der Waals surface area contributed by atoms with Gasteiger partial charge in [-0.2, -0.15) is 0 Å². The third-order valence-electron chi connectivity index (χ3n) is 5.90. The predicted molar refractivity (Wildman–Crippen MR) is 90.1 cm³/mol. The number of carboxylic acid groups (broad SMARTS) is 2. The molecule has 0 saturated heterocycles. The SMILES string of the molecule is Nc1ccc(N)cc1.O=C(O)C12CC3CC(C1)CC(C(=O)O)(C3)C2. The number of anilines is 2. The zero-order chi connectivity index (χ0) is 17.5. The summed E-state index contributed by atoms with van der Waals surface area (Å²) in [6.07, 6.45) is 4.21. The predicted octanol–water partition coefficient (Wildman–Crippen LogP) is 2.59. The second-order valence-corrected chi connectivity index (χ2v) is 7.80. The van der Waals surface area contributed by atoms with Gasteiger partial charge in [0.15, 0.2) is 0 Å². The lowest BCUT2D eigenvalue weighted by molar-refractivity contribution is -0.187. The molecule has 130 valence electrons. The highest BCUT2D eigenvalue weighted by Crippen LogP contribution is 2.65. The van der Waals surface area contributed by atoms with Gasteiger partial charge in [-0.05, 0) is 74.6 Å². The standard InChI is InChI=1S/C12H16O4.C6H8N2/c13-9(14)11-2-7-1-8(4-11)5-12(3-7,6-11)10(15)16;7-5-1-2-6(8)4-3-5/h7-8H,1-6H2,(H,13,14)(H,15,16);1-4H,7-8H2. The Morgan fingerprint density at radius 1 is 0.833 bits per heavy atom. The van der Waals surface area contributed by atoms with Gasteiger partial charge >= 0.3 is 11.9 Å². The quantitative estimate of drug-likeness (QED) is 0.617. The molecule has 6 N–H and O–H groups in total. The number of aliphatic carboxylic acids is 2.